The van der Waals surface area contributed by atoms with Crippen LogP contribution in [0.1, 0.15) is 37.8 Å². The topological polar surface area (TPSA) is 63.4 Å². The van der Waals surface area contributed by atoms with Crippen LogP contribution < -0.4 is 5.73 Å². The SMILES string of the molecule is CC1(C)CC(=O)N(Cc2cc(F)ccc2C(N)=S)C(=O)C1. The fraction of sp³-hybridized carbons (Fsp3) is 0.400. The van der Waals surface area contributed by atoms with E-state index in [-0.39, 0.29) is 41.6 Å². The molecule has 2 rings (SSSR count). The van der Waals surface area contributed by atoms with Crippen LogP contribution in [0, 0.1) is 11.2 Å². The summed E-state index contributed by atoms with van der Waals surface area (Å²) in [7, 11) is 0. The van der Waals surface area contributed by atoms with Gasteiger partial charge in [-0.2, -0.15) is 0 Å². The van der Waals surface area contributed by atoms with E-state index in [1.165, 1.54) is 18.2 Å². The smallest absolute Gasteiger partial charge is 0.230 e. The largest absolute Gasteiger partial charge is 0.389 e. The first-order chi connectivity index (χ1) is 9.69. The second-order valence-electron chi connectivity index (χ2n) is 6.06. The molecule has 0 radical (unpaired) electrons. The van der Waals surface area contributed by atoms with Crippen LogP contribution >= 0.6 is 12.2 Å². The van der Waals surface area contributed by atoms with Crippen molar-refractivity contribution in [1.82, 2.24) is 4.90 Å². The third kappa shape index (κ3) is 3.44. The van der Waals surface area contributed by atoms with Crippen molar-refractivity contribution >= 4 is 29.0 Å². The van der Waals surface area contributed by atoms with Crippen molar-refractivity contribution in [2.45, 2.75) is 33.2 Å². The molecule has 1 aromatic rings. The molecule has 2 N–H and O–H groups in total. The lowest BCUT2D eigenvalue weighted by Gasteiger charge is -2.35. The second kappa shape index (κ2) is 5.52. The Kier molecular flexibility index (Phi) is 4.09. The number of halogens is 1. The van der Waals surface area contributed by atoms with Gasteiger partial charge in [0.1, 0.15) is 10.8 Å². The van der Waals surface area contributed by atoms with Crippen LogP contribution in [0.5, 0.6) is 0 Å². The Bertz CT molecular complexity index is 608. The van der Waals surface area contributed by atoms with Gasteiger partial charge in [0.2, 0.25) is 11.8 Å². The normalized spacial score (nSPS) is 18.0. The fourth-order valence-electron chi connectivity index (χ4n) is 2.49. The van der Waals surface area contributed by atoms with E-state index in [4.69, 9.17) is 18.0 Å². The van der Waals surface area contributed by atoms with E-state index in [1.807, 2.05) is 13.8 Å². The van der Waals surface area contributed by atoms with E-state index < -0.39 is 5.82 Å². The predicted molar refractivity (Wildman–Crippen MR) is 80.9 cm³/mol. The van der Waals surface area contributed by atoms with Gasteiger partial charge in [0.15, 0.2) is 0 Å². The summed E-state index contributed by atoms with van der Waals surface area (Å²) in [5, 5.41) is 0. The summed E-state index contributed by atoms with van der Waals surface area (Å²) in [6.07, 6.45) is 0.576. The summed E-state index contributed by atoms with van der Waals surface area (Å²) >= 11 is 4.92. The van der Waals surface area contributed by atoms with Crippen LogP contribution in [0.25, 0.3) is 0 Å². The molecule has 1 aromatic carbocycles. The highest BCUT2D eigenvalue weighted by molar-refractivity contribution is 7.80. The van der Waals surface area contributed by atoms with Gasteiger partial charge < -0.3 is 5.73 Å². The summed E-state index contributed by atoms with van der Waals surface area (Å²) in [5.41, 5.74) is 6.20. The molecule has 2 amide bonds. The zero-order valence-corrected chi connectivity index (χ0v) is 12.8. The zero-order chi connectivity index (χ0) is 15.8. The minimum Gasteiger partial charge on any atom is -0.389 e. The van der Waals surface area contributed by atoms with Gasteiger partial charge in [-0.05, 0) is 29.2 Å². The molecule has 21 heavy (non-hydrogen) atoms. The lowest BCUT2D eigenvalue weighted by atomic mass is 9.81. The van der Waals surface area contributed by atoms with E-state index in [9.17, 15) is 14.0 Å². The summed E-state index contributed by atoms with van der Waals surface area (Å²) in [6.45, 7) is 3.75. The Morgan fingerprint density at radius 3 is 2.43 bits per heavy atom. The number of hydrogen-bond donors (Lipinski definition) is 1. The van der Waals surface area contributed by atoms with Crippen molar-refractivity contribution in [3.8, 4) is 0 Å². The van der Waals surface area contributed by atoms with Crippen molar-refractivity contribution in [2.75, 3.05) is 0 Å². The van der Waals surface area contributed by atoms with E-state index in [0.29, 0.717) is 11.1 Å². The number of hydrogen-bond acceptors (Lipinski definition) is 3. The van der Waals surface area contributed by atoms with Crippen LogP contribution in [0.3, 0.4) is 0 Å². The number of likely N-dealkylation sites (tertiary alicyclic amines) is 1. The van der Waals surface area contributed by atoms with E-state index in [2.05, 4.69) is 0 Å². The maximum atomic E-state index is 13.4. The summed E-state index contributed by atoms with van der Waals surface area (Å²) in [5.74, 6) is -0.967. The van der Waals surface area contributed by atoms with Gasteiger partial charge in [-0.25, -0.2) is 4.39 Å². The van der Waals surface area contributed by atoms with Crippen molar-refractivity contribution in [3.63, 3.8) is 0 Å². The highest BCUT2D eigenvalue weighted by Crippen LogP contribution is 2.32. The Labute approximate surface area is 128 Å². The molecule has 4 nitrogen and oxygen atoms in total. The Morgan fingerprint density at radius 1 is 1.33 bits per heavy atom. The number of thiocarbonyl (C=S) groups is 1. The van der Waals surface area contributed by atoms with Crippen molar-refractivity contribution < 1.29 is 14.0 Å². The van der Waals surface area contributed by atoms with Gasteiger partial charge in [-0.3, -0.25) is 14.5 Å². The molecule has 1 saturated heterocycles. The fourth-order valence-corrected chi connectivity index (χ4v) is 2.69. The Morgan fingerprint density at radius 2 is 1.90 bits per heavy atom. The average molecular weight is 308 g/mol. The lowest BCUT2D eigenvalue weighted by Crippen LogP contribution is -2.45. The van der Waals surface area contributed by atoms with Gasteiger partial charge in [0.25, 0.3) is 0 Å². The number of nitrogens with two attached hydrogens (primary N) is 1. The Balaban J connectivity index is 2.30. The molecule has 0 aromatic heterocycles. The summed E-state index contributed by atoms with van der Waals surface area (Å²) in [4.78, 5) is 25.5. The second-order valence-corrected chi connectivity index (χ2v) is 6.50. The molecule has 1 fully saturated rings. The first-order valence-electron chi connectivity index (χ1n) is 6.61. The molecular formula is C15H17FN2O2S. The van der Waals surface area contributed by atoms with Gasteiger partial charge in [-0.15, -0.1) is 0 Å². The third-order valence-electron chi connectivity index (χ3n) is 3.52. The molecular weight excluding hydrogens is 291 g/mol. The van der Waals surface area contributed by atoms with Crippen molar-refractivity contribution in [1.29, 1.82) is 0 Å². The standard InChI is InChI=1S/C15H17FN2O2S/c1-15(2)6-12(19)18(13(20)7-15)8-9-5-10(16)3-4-11(9)14(17)21/h3-5H,6-8H2,1-2H3,(H2,17,21). The molecule has 0 atom stereocenters. The van der Waals surface area contributed by atoms with E-state index >= 15 is 0 Å². The zero-order valence-electron chi connectivity index (χ0n) is 12.0. The molecule has 6 heteroatoms. The number of nitrogens with zero attached hydrogens (tertiary/aromatic N) is 1. The van der Waals surface area contributed by atoms with Crippen molar-refractivity contribution in [2.24, 2.45) is 11.1 Å². The Hall–Kier alpha value is -1.82. The highest BCUT2D eigenvalue weighted by atomic mass is 32.1. The van der Waals surface area contributed by atoms with Gasteiger partial charge in [0.05, 0.1) is 6.54 Å². The average Bonchev–Trinajstić information content (AvgIpc) is 2.32. The van der Waals surface area contributed by atoms with Crippen LogP contribution in [-0.2, 0) is 16.1 Å². The van der Waals surface area contributed by atoms with Gasteiger partial charge >= 0.3 is 0 Å². The lowest BCUT2D eigenvalue weighted by molar-refractivity contribution is -0.153. The quantitative estimate of drug-likeness (QED) is 0.686. The highest BCUT2D eigenvalue weighted by Gasteiger charge is 2.37. The number of rotatable bonds is 3. The van der Waals surface area contributed by atoms with Crippen LogP contribution in [0.2, 0.25) is 0 Å². The number of amides is 2. The number of carbonyl (C=O) groups excluding carboxylic acids is 2. The van der Waals surface area contributed by atoms with E-state index in [1.54, 1.807) is 0 Å². The molecule has 112 valence electrons. The monoisotopic (exact) mass is 308 g/mol. The summed E-state index contributed by atoms with van der Waals surface area (Å²) in [6, 6.07) is 3.98. The minimum atomic E-state index is -0.456. The van der Waals surface area contributed by atoms with E-state index in [0.717, 1.165) is 4.90 Å². The van der Waals surface area contributed by atoms with Crippen LogP contribution in [-0.4, -0.2) is 21.7 Å². The number of carbonyl (C=O) groups is 2. The maximum absolute atomic E-state index is 13.4. The molecule has 1 aliphatic rings. The van der Waals surface area contributed by atoms with Crippen LogP contribution in [0.15, 0.2) is 18.2 Å². The number of piperidine rings is 1. The summed E-state index contributed by atoms with van der Waals surface area (Å²) < 4.78 is 13.4. The molecule has 0 saturated carbocycles. The van der Waals surface area contributed by atoms with Gasteiger partial charge in [0, 0.05) is 18.4 Å². The molecule has 0 aliphatic carbocycles. The van der Waals surface area contributed by atoms with Gasteiger partial charge in [-0.1, -0.05) is 26.1 Å². The molecule has 0 spiro atoms. The van der Waals surface area contributed by atoms with Crippen molar-refractivity contribution in [3.05, 3.63) is 35.1 Å². The predicted octanol–water partition coefficient (Wildman–Crippen LogP) is 2.14. The molecule has 1 heterocycles. The minimum absolute atomic E-state index is 0.00181. The molecule has 1 aliphatic heterocycles. The third-order valence-corrected chi connectivity index (χ3v) is 3.74. The van der Waals surface area contributed by atoms with Crippen LogP contribution in [0.4, 0.5) is 4.39 Å². The molecule has 0 unspecified atom stereocenters. The molecule has 0 bridgehead atoms. The number of benzene rings is 1. The maximum Gasteiger partial charge on any atom is 0.230 e. The first-order valence-corrected chi connectivity index (χ1v) is 7.02. The first kappa shape index (κ1) is 15.6. The number of imide groups is 1.